The first-order valence-electron chi connectivity index (χ1n) is 4.51. The number of nitrogens with one attached hydrogen (secondary N) is 1. The molecule has 1 fully saturated rings. The summed E-state index contributed by atoms with van der Waals surface area (Å²) in [6, 6.07) is 0. The largest absolute Gasteiger partial charge is 0.317 e. The molecule has 0 unspecified atom stereocenters. The van der Waals surface area contributed by atoms with E-state index in [4.69, 9.17) is 6.42 Å². The molecule has 1 heterocycles. The fraction of sp³-hybridized carbons (Fsp3) is 0.700. The lowest BCUT2D eigenvalue weighted by Gasteiger charge is -2.20. The Morgan fingerprint density at radius 3 is 2.75 bits per heavy atom. The maximum atomic E-state index is 11.4. The van der Waals surface area contributed by atoms with Crippen LogP contribution in [0.1, 0.15) is 25.7 Å². The van der Waals surface area contributed by atoms with Crippen LogP contribution in [0, 0.1) is 18.3 Å². The summed E-state index contributed by atoms with van der Waals surface area (Å²) < 4.78 is 0. The van der Waals surface area contributed by atoms with Gasteiger partial charge in [-0.1, -0.05) is 0 Å². The summed E-state index contributed by atoms with van der Waals surface area (Å²) in [4.78, 5) is 11.4. The van der Waals surface area contributed by atoms with Crippen molar-refractivity contribution in [1.29, 1.82) is 0 Å². The number of carbonyl (C=O) groups is 1. The molecule has 0 spiro atoms. The molecule has 0 bridgehead atoms. The van der Waals surface area contributed by atoms with E-state index in [1.165, 1.54) is 0 Å². The van der Waals surface area contributed by atoms with Gasteiger partial charge in [0.25, 0.3) is 0 Å². The van der Waals surface area contributed by atoms with Gasteiger partial charge < -0.3 is 5.32 Å². The highest BCUT2D eigenvalue weighted by Gasteiger charge is 2.19. The number of ketones is 1. The molecule has 1 saturated heterocycles. The molecule has 66 valence electrons. The zero-order valence-corrected chi connectivity index (χ0v) is 7.31. The van der Waals surface area contributed by atoms with E-state index in [0.717, 1.165) is 25.9 Å². The van der Waals surface area contributed by atoms with Gasteiger partial charge in [0.15, 0.2) is 0 Å². The van der Waals surface area contributed by atoms with E-state index in [-0.39, 0.29) is 5.92 Å². The normalized spacial score (nSPS) is 18.6. The molecule has 0 aromatic rings. The van der Waals surface area contributed by atoms with Crippen molar-refractivity contribution >= 4 is 5.78 Å². The standard InChI is InChI=1S/C10H15NO/c1-2-3-4-10(12)9-5-7-11-8-6-9/h1,9,11H,3-8H2. The molecule has 2 heteroatoms. The maximum Gasteiger partial charge on any atom is 0.137 e. The lowest BCUT2D eigenvalue weighted by molar-refractivity contribution is -0.123. The van der Waals surface area contributed by atoms with Crippen molar-refractivity contribution in [3.63, 3.8) is 0 Å². The Kier molecular flexibility index (Phi) is 3.83. The Morgan fingerprint density at radius 2 is 2.17 bits per heavy atom. The lowest BCUT2D eigenvalue weighted by Crippen LogP contribution is -2.31. The van der Waals surface area contributed by atoms with Gasteiger partial charge in [0.05, 0.1) is 0 Å². The second-order valence-electron chi connectivity index (χ2n) is 3.19. The van der Waals surface area contributed by atoms with Crippen LogP contribution in [0.4, 0.5) is 0 Å². The van der Waals surface area contributed by atoms with Crippen molar-refractivity contribution in [2.45, 2.75) is 25.7 Å². The number of terminal acetylenes is 1. The first-order valence-corrected chi connectivity index (χ1v) is 4.51. The van der Waals surface area contributed by atoms with Gasteiger partial charge >= 0.3 is 0 Å². The average Bonchev–Trinajstić information content (AvgIpc) is 2.15. The van der Waals surface area contributed by atoms with Crippen LogP contribution >= 0.6 is 0 Å². The van der Waals surface area contributed by atoms with Crippen LogP contribution in [0.5, 0.6) is 0 Å². The van der Waals surface area contributed by atoms with Crippen molar-refractivity contribution in [2.75, 3.05) is 13.1 Å². The first-order chi connectivity index (χ1) is 5.84. The monoisotopic (exact) mass is 165 g/mol. The molecule has 0 saturated carbocycles. The molecule has 0 atom stereocenters. The summed E-state index contributed by atoms with van der Waals surface area (Å²) in [5.74, 6) is 3.13. The van der Waals surface area contributed by atoms with Gasteiger partial charge in [-0.3, -0.25) is 4.79 Å². The molecular weight excluding hydrogens is 150 g/mol. The van der Waals surface area contributed by atoms with Crippen molar-refractivity contribution in [3.8, 4) is 12.3 Å². The molecule has 2 nitrogen and oxygen atoms in total. The second kappa shape index (κ2) is 4.95. The van der Waals surface area contributed by atoms with Gasteiger partial charge in [0.2, 0.25) is 0 Å². The molecule has 0 aliphatic carbocycles. The third kappa shape index (κ3) is 2.67. The van der Waals surface area contributed by atoms with Crippen molar-refractivity contribution in [2.24, 2.45) is 5.92 Å². The molecule has 0 aromatic carbocycles. The Balaban J connectivity index is 2.26. The van der Waals surface area contributed by atoms with Crippen LogP contribution in [-0.2, 0) is 4.79 Å². The molecule has 1 aliphatic rings. The summed E-state index contributed by atoms with van der Waals surface area (Å²) in [7, 11) is 0. The molecule has 1 aliphatic heterocycles. The van der Waals surface area contributed by atoms with Crippen molar-refractivity contribution in [1.82, 2.24) is 5.32 Å². The Labute approximate surface area is 73.7 Å². The van der Waals surface area contributed by atoms with E-state index in [2.05, 4.69) is 11.2 Å². The predicted octanol–water partition coefficient (Wildman–Crippen LogP) is 0.969. The molecular formula is C10H15NO. The molecule has 0 amide bonds. The molecule has 12 heavy (non-hydrogen) atoms. The highest BCUT2D eigenvalue weighted by Crippen LogP contribution is 2.14. The average molecular weight is 165 g/mol. The van der Waals surface area contributed by atoms with Gasteiger partial charge in [-0.25, -0.2) is 0 Å². The predicted molar refractivity (Wildman–Crippen MR) is 48.7 cm³/mol. The summed E-state index contributed by atoms with van der Waals surface area (Å²) in [6.07, 6.45) is 8.24. The van der Waals surface area contributed by atoms with E-state index >= 15 is 0 Å². The number of rotatable bonds is 3. The van der Waals surface area contributed by atoms with Gasteiger partial charge in [-0.05, 0) is 25.9 Å². The van der Waals surface area contributed by atoms with E-state index in [1.807, 2.05) is 0 Å². The number of hydrogen-bond acceptors (Lipinski definition) is 2. The first kappa shape index (κ1) is 9.28. The minimum Gasteiger partial charge on any atom is -0.317 e. The van der Waals surface area contributed by atoms with Crippen LogP contribution in [0.2, 0.25) is 0 Å². The van der Waals surface area contributed by atoms with Crippen LogP contribution in [0.15, 0.2) is 0 Å². The van der Waals surface area contributed by atoms with Crippen LogP contribution < -0.4 is 5.32 Å². The van der Waals surface area contributed by atoms with E-state index < -0.39 is 0 Å². The minimum absolute atomic E-state index is 0.277. The minimum atomic E-state index is 0.277. The van der Waals surface area contributed by atoms with Crippen LogP contribution in [0.3, 0.4) is 0 Å². The molecule has 0 aromatic heterocycles. The topological polar surface area (TPSA) is 29.1 Å². The SMILES string of the molecule is C#CCCC(=O)C1CCNCC1. The molecule has 1 N–H and O–H groups in total. The molecule has 0 radical (unpaired) electrons. The third-order valence-electron chi connectivity index (χ3n) is 2.31. The van der Waals surface area contributed by atoms with E-state index in [1.54, 1.807) is 0 Å². The van der Waals surface area contributed by atoms with Crippen molar-refractivity contribution < 1.29 is 4.79 Å². The van der Waals surface area contributed by atoms with Gasteiger partial charge in [-0.15, -0.1) is 12.3 Å². The van der Waals surface area contributed by atoms with E-state index in [9.17, 15) is 4.79 Å². The Morgan fingerprint density at radius 1 is 1.50 bits per heavy atom. The van der Waals surface area contributed by atoms with Crippen LogP contribution in [0.25, 0.3) is 0 Å². The van der Waals surface area contributed by atoms with Gasteiger partial charge in [0.1, 0.15) is 5.78 Å². The fourth-order valence-electron chi connectivity index (χ4n) is 1.54. The number of hydrogen-bond donors (Lipinski definition) is 1. The van der Waals surface area contributed by atoms with E-state index in [0.29, 0.717) is 18.6 Å². The summed E-state index contributed by atoms with van der Waals surface area (Å²) >= 11 is 0. The van der Waals surface area contributed by atoms with Crippen molar-refractivity contribution in [3.05, 3.63) is 0 Å². The number of piperidine rings is 1. The number of carbonyl (C=O) groups excluding carboxylic acids is 1. The Bertz CT molecular complexity index is 187. The van der Waals surface area contributed by atoms with Crippen LogP contribution in [-0.4, -0.2) is 18.9 Å². The lowest BCUT2D eigenvalue weighted by atomic mass is 9.91. The number of Topliss-reactive ketones (excluding diaryl/α,β-unsaturated/α-hetero) is 1. The van der Waals surface area contributed by atoms with Gasteiger partial charge in [-0.2, -0.15) is 0 Å². The Hall–Kier alpha value is -0.810. The quantitative estimate of drug-likeness (QED) is 0.631. The zero-order chi connectivity index (χ0) is 8.81. The smallest absolute Gasteiger partial charge is 0.137 e. The third-order valence-corrected chi connectivity index (χ3v) is 2.31. The maximum absolute atomic E-state index is 11.4. The zero-order valence-electron chi connectivity index (χ0n) is 7.31. The fourth-order valence-corrected chi connectivity index (χ4v) is 1.54. The molecule has 1 rings (SSSR count). The summed E-state index contributed by atoms with van der Waals surface area (Å²) in [6.45, 7) is 1.96. The second-order valence-corrected chi connectivity index (χ2v) is 3.19. The van der Waals surface area contributed by atoms with Gasteiger partial charge in [0, 0.05) is 18.8 Å². The summed E-state index contributed by atoms with van der Waals surface area (Å²) in [5.41, 5.74) is 0. The highest BCUT2D eigenvalue weighted by molar-refractivity contribution is 5.81. The highest BCUT2D eigenvalue weighted by atomic mass is 16.1. The summed E-state index contributed by atoms with van der Waals surface area (Å²) in [5, 5.41) is 3.23.